The van der Waals surface area contributed by atoms with Gasteiger partial charge in [0.05, 0.1) is 15.0 Å². The summed E-state index contributed by atoms with van der Waals surface area (Å²) in [7, 11) is 0. The van der Waals surface area contributed by atoms with Crippen LogP contribution in [0, 0.1) is 10.1 Å². The molecule has 0 fully saturated rings. The van der Waals surface area contributed by atoms with Crippen LogP contribution in [0.1, 0.15) is 14.5 Å². The summed E-state index contributed by atoms with van der Waals surface area (Å²) < 4.78 is 5.35. The number of carbonyl (C=O) groups is 1. The van der Waals surface area contributed by atoms with Crippen molar-refractivity contribution in [1.82, 2.24) is 0 Å². The van der Waals surface area contributed by atoms with Gasteiger partial charge in [-0.15, -0.1) is 11.3 Å². The molecule has 0 saturated heterocycles. The average Bonchev–Trinajstić information content (AvgIpc) is 2.88. The summed E-state index contributed by atoms with van der Waals surface area (Å²) in [5.41, 5.74) is -0.306. The van der Waals surface area contributed by atoms with E-state index in [0.717, 1.165) is 17.4 Å². The fourth-order valence-corrected chi connectivity index (χ4v) is 2.57. The average molecular weight is 348 g/mol. The highest BCUT2D eigenvalue weighted by Gasteiger charge is 2.19. The van der Waals surface area contributed by atoms with Crippen molar-refractivity contribution in [2.45, 2.75) is 6.61 Å². The van der Waals surface area contributed by atoms with E-state index in [-0.39, 0.29) is 33.0 Å². The Kier molecular flexibility index (Phi) is 4.66. The number of rotatable bonds is 5. The third-order valence-corrected chi connectivity index (χ3v) is 4.21. The van der Waals surface area contributed by atoms with Crippen molar-refractivity contribution in [1.29, 1.82) is 0 Å². The number of carboxylic acids is 1. The number of halogens is 2. The van der Waals surface area contributed by atoms with Crippen LogP contribution in [0.3, 0.4) is 0 Å². The van der Waals surface area contributed by atoms with Crippen molar-refractivity contribution in [3.8, 4) is 5.75 Å². The topological polar surface area (TPSA) is 89.7 Å². The van der Waals surface area contributed by atoms with Crippen molar-refractivity contribution in [2.75, 3.05) is 0 Å². The zero-order valence-electron chi connectivity index (χ0n) is 10.2. The molecule has 0 aliphatic heterocycles. The van der Waals surface area contributed by atoms with Gasteiger partial charge in [0.2, 0.25) is 0 Å². The monoisotopic (exact) mass is 347 g/mol. The summed E-state index contributed by atoms with van der Waals surface area (Å²) in [6.07, 6.45) is 0. The molecule has 1 N–H and O–H groups in total. The van der Waals surface area contributed by atoms with Crippen LogP contribution in [0.2, 0.25) is 10.0 Å². The highest BCUT2D eigenvalue weighted by Crippen LogP contribution is 2.36. The van der Waals surface area contributed by atoms with Gasteiger partial charge >= 0.3 is 11.7 Å². The predicted molar refractivity (Wildman–Crippen MR) is 78.7 cm³/mol. The smallest absolute Gasteiger partial charge is 0.345 e. The first-order valence-corrected chi connectivity index (χ1v) is 7.04. The first-order chi connectivity index (χ1) is 9.88. The number of nitrogens with zero attached hydrogens (tertiary/aromatic N) is 1. The molecule has 0 unspecified atom stereocenters. The van der Waals surface area contributed by atoms with Crippen LogP contribution in [-0.2, 0) is 6.61 Å². The van der Waals surface area contributed by atoms with Crippen LogP contribution in [0.5, 0.6) is 5.75 Å². The van der Waals surface area contributed by atoms with Gasteiger partial charge < -0.3 is 9.84 Å². The van der Waals surface area contributed by atoms with Gasteiger partial charge in [-0.1, -0.05) is 23.2 Å². The summed E-state index contributed by atoms with van der Waals surface area (Å²) >= 11 is 12.6. The molecule has 6 nitrogen and oxygen atoms in total. The van der Waals surface area contributed by atoms with Crippen LogP contribution in [-0.4, -0.2) is 16.0 Å². The second-order valence-corrected chi connectivity index (χ2v) is 5.83. The maximum atomic E-state index is 10.9. The lowest BCUT2D eigenvalue weighted by Crippen LogP contribution is -1.98. The lowest BCUT2D eigenvalue weighted by molar-refractivity contribution is -0.385. The number of hydrogen-bond donors (Lipinski definition) is 1. The first kappa shape index (κ1) is 15.6. The van der Waals surface area contributed by atoms with Gasteiger partial charge in [0.25, 0.3) is 0 Å². The molecule has 1 aromatic heterocycles. The van der Waals surface area contributed by atoms with E-state index in [1.54, 1.807) is 6.07 Å². The summed E-state index contributed by atoms with van der Waals surface area (Å²) in [6, 6.07) is 5.39. The van der Waals surface area contributed by atoms with Gasteiger partial charge in [-0.25, -0.2) is 4.79 Å². The summed E-state index contributed by atoms with van der Waals surface area (Å²) in [6.45, 7) is -0.00323. The molecule has 0 amide bonds. The molecule has 21 heavy (non-hydrogen) atoms. The summed E-state index contributed by atoms with van der Waals surface area (Å²) in [4.78, 5) is 21.9. The molecular formula is C12H7Cl2NO5S. The van der Waals surface area contributed by atoms with Gasteiger partial charge in [0.1, 0.15) is 11.5 Å². The third kappa shape index (κ3) is 3.63. The van der Waals surface area contributed by atoms with E-state index in [2.05, 4.69) is 0 Å². The second kappa shape index (κ2) is 6.30. The van der Waals surface area contributed by atoms with Crippen LogP contribution in [0.15, 0.2) is 24.3 Å². The Morgan fingerprint density at radius 3 is 2.57 bits per heavy atom. The maximum Gasteiger partial charge on any atom is 0.345 e. The Morgan fingerprint density at radius 1 is 1.33 bits per heavy atom. The van der Waals surface area contributed by atoms with Gasteiger partial charge in [0.15, 0.2) is 5.75 Å². The Hall–Kier alpha value is -1.83. The Labute approximate surface area is 132 Å². The van der Waals surface area contributed by atoms with E-state index in [9.17, 15) is 14.9 Å². The number of thiophene rings is 1. The Morgan fingerprint density at radius 2 is 2.00 bits per heavy atom. The van der Waals surface area contributed by atoms with Crippen molar-refractivity contribution in [3.05, 3.63) is 54.2 Å². The minimum absolute atomic E-state index is 0.00323. The van der Waals surface area contributed by atoms with Gasteiger partial charge in [-0.05, 0) is 12.1 Å². The number of nitro groups is 1. The molecule has 0 atom stereocenters. The van der Waals surface area contributed by atoms with E-state index in [1.165, 1.54) is 12.1 Å². The number of benzene rings is 1. The largest absolute Gasteiger partial charge is 0.481 e. The highest BCUT2D eigenvalue weighted by molar-refractivity contribution is 7.13. The Balaban J connectivity index is 2.20. The molecule has 1 aromatic carbocycles. The SMILES string of the molecule is O=C(O)c1ccc(COc2cc(Cl)c(Cl)cc2[N+](=O)[O-])s1. The van der Waals surface area contributed by atoms with E-state index >= 15 is 0 Å². The third-order valence-electron chi connectivity index (χ3n) is 2.44. The van der Waals surface area contributed by atoms with E-state index in [0.29, 0.717) is 4.88 Å². The summed E-state index contributed by atoms with van der Waals surface area (Å²) in [5, 5.41) is 19.9. The molecule has 2 aromatic rings. The molecule has 0 saturated carbocycles. The maximum absolute atomic E-state index is 10.9. The van der Waals surface area contributed by atoms with E-state index in [4.69, 9.17) is 33.0 Å². The van der Waals surface area contributed by atoms with Gasteiger partial charge in [-0.3, -0.25) is 10.1 Å². The lowest BCUT2D eigenvalue weighted by atomic mass is 10.3. The number of carboxylic acid groups (broad SMARTS) is 1. The van der Waals surface area contributed by atoms with E-state index < -0.39 is 10.9 Å². The lowest BCUT2D eigenvalue weighted by Gasteiger charge is -2.06. The van der Waals surface area contributed by atoms with Gasteiger partial charge in [-0.2, -0.15) is 0 Å². The molecule has 2 rings (SSSR count). The fourth-order valence-electron chi connectivity index (χ4n) is 1.50. The number of nitro benzene ring substituents is 1. The van der Waals surface area contributed by atoms with Crippen LogP contribution in [0.25, 0.3) is 0 Å². The van der Waals surface area contributed by atoms with E-state index in [1.807, 2.05) is 0 Å². The molecule has 0 bridgehead atoms. The first-order valence-electron chi connectivity index (χ1n) is 5.46. The van der Waals surface area contributed by atoms with Crippen molar-refractivity contribution < 1.29 is 19.6 Å². The van der Waals surface area contributed by atoms with Crippen molar-refractivity contribution in [3.63, 3.8) is 0 Å². The molecular weight excluding hydrogens is 341 g/mol. The summed E-state index contributed by atoms with van der Waals surface area (Å²) in [5.74, 6) is -1.06. The van der Waals surface area contributed by atoms with Crippen LogP contribution >= 0.6 is 34.5 Å². The molecule has 9 heteroatoms. The molecule has 0 radical (unpaired) electrons. The standard InChI is InChI=1S/C12H7Cl2NO5S/c13-7-3-9(15(18)19)10(4-8(7)14)20-5-6-1-2-11(21-6)12(16)17/h1-4H,5H2,(H,16,17). The number of aromatic carboxylic acids is 1. The molecule has 0 aliphatic carbocycles. The van der Waals surface area contributed by atoms with Crippen LogP contribution in [0.4, 0.5) is 5.69 Å². The molecule has 0 aliphatic rings. The predicted octanol–water partition coefficient (Wildman–Crippen LogP) is 4.24. The normalized spacial score (nSPS) is 10.4. The minimum Gasteiger partial charge on any atom is -0.481 e. The molecule has 1 heterocycles. The van der Waals surface area contributed by atoms with Crippen molar-refractivity contribution in [2.24, 2.45) is 0 Å². The number of ether oxygens (including phenoxy) is 1. The zero-order chi connectivity index (χ0) is 15.6. The quantitative estimate of drug-likeness (QED) is 0.645. The molecule has 110 valence electrons. The van der Waals surface area contributed by atoms with Gasteiger partial charge in [0, 0.05) is 17.0 Å². The second-order valence-electron chi connectivity index (χ2n) is 3.85. The minimum atomic E-state index is -1.04. The molecule has 0 spiro atoms. The number of hydrogen-bond acceptors (Lipinski definition) is 5. The Bertz CT molecular complexity index is 716. The van der Waals surface area contributed by atoms with Crippen LogP contribution < -0.4 is 4.74 Å². The fraction of sp³-hybridized carbons (Fsp3) is 0.0833. The highest BCUT2D eigenvalue weighted by atomic mass is 35.5. The van der Waals surface area contributed by atoms with Crippen molar-refractivity contribution >= 4 is 46.2 Å². The zero-order valence-corrected chi connectivity index (χ0v) is 12.5.